The summed E-state index contributed by atoms with van der Waals surface area (Å²) in [4.78, 5) is 4.33. The van der Waals surface area contributed by atoms with Crippen LogP contribution < -0.4 is 15.4 Å². The second-order valence-corrected chi connectivity index (χ2v) is 8.10. The molecule has 0 saturated carbocycles. The van der Waals surface area contributed by atoms with E-state index in [1.165, 1.54) is 0 Å². The lowest BCUT2D eigenvalue weighted by molar-refractivity contribution is 0.0200. The van der Waals surface area contributed by atoms with Gasteiger partial charge in [0.05, 0.1) is 24.7 Å². The molecule has 3 N–H and O–H groups in total. The van der Waals surface area contributed by atoms with E-state index in [4.69, 9.17) is 9.15 Å². The predicted octanol–water partition coefficient (Wildman–Crippen LogP) is 0.866. The molecule has 0 aromatic carbocycles. The van der Waals surface area contributed by atoms with Crippen LogP contribution >= 0.6 is 0 Å². The van der Waals surface area contributed by atoms with Gasteiger partial charge in [-0.2, -0.15) is 0 Å². The summed E-state index contributed by atoms with van der Waals surface area (Å²) in [7, 11) is -3.36. The van der Waals surface area contributed by atoms with E-state index in [-0.39, 0.29) is 18.4 Å². The zero-order chi connectivity index (χ0) is 18.7. The van der Waals surface area contributed by atoms with Crippen molar-refractivity contribution in [2.24, 2.45) is 4.99 Å². The van der Waals surface area contributed by atoms with Gasteiger partial charge >= 0.3 is 0 Å². The summed E-state index contributed by atoms with van der Waals surface area (Å²) < 4.78 is 37.6. The molecule has 2 heterocycles. The van der Waals surface area contributed by atoms with Gasteiger partial charge in [-0.1, -0.05) is 0 Å². The van der Waals surface area contributed by atoms with Crippen molar-refractivity contribution in [2.45, 2.75) is 38.7 Å². The van der Waals surface area contributed by atoms with Crippen molar-refractivity contribution in [2.75, 3.05) is 38.5 Å². The van der Waals surface area contributed by atoms with Crippen LogP contribution in [-0.2, 0) is 21.2 Å². The zero-order valence-electron chi connectivity index (χ0n) is 15.4. The van der Waals surface area contributed by atoms with E-state index in [2.05, 4.69) is 20.3 Å². The SMILES string of the molecule is CCNC(=NCCS(=O)(=O)NCC1CCCCO1)NCCc1ccco1. The molecule has 0 spiro atoms. The smallest absolute Gasteiger partial charge is 0.213 e. The Hall–Kier alpha value is -1.58. The first-order chi connectivity index (χ1) is 12.6. The van der Waals surface area contributed by atoms with Crippen LogP contribution in [0.4, 0.5) is 0 Å². The monoisotopic (exact) mass is 386 g/mol. The van der Waals surface area contributed by atoms with Crippen LogP contribution in [0.25, 0.3) is 0 Å². The maximum absolute atomic E-state index is 12.1. The summed E-state index contributed by atoms with van der Waals surface area (Å²) >= 11 is 0. The van der Waals surface area contributed by atoms with E-state index < -0.39 is 10.0 Å². The Balaban J connectivity index is 1.70. The number of hydrogen-bond donors (Lipinski definition) is 3. The Kier molecular flexibility index (Phi) is 8.93. The molecule has 8 nitrogen and oxygen atoms in total. The minimum Gasteiger partial charge on any atom is -0.469 e. The van der Waals surface area contributed by atoms with Crippen molar-refractivity contribution in [1.82, 2.24) is 15.4 Å². The van der Waals surface area contributed by atoms with Gasteiger partial charge in [0.1, 0.15) is 5.76 Å². The second kappa shape index (κ2) is 11.2. The molecule has 1 aromatic rings. The molecule has 0 radical (unpaired) electrons. The van der Waals surface area contributed by atoms with E-state index in [0.717, 1.165) is 31.4 Å². The molecule has 1 atom stereocenters. The molecule has 2 rings (SSSR count). The van der Waals surface area contributed by atoms with Gasteiger partial charge in [-0.3, -0.25) is 4.99 Å². The molecule has 0 amide bonds. The average Bonchev–Trinajstić information content (AvgIpc) is 3.14. The van der Waals surface area contributed by atoms with E-state index >= 15 is 0 Å². The van der Waals surface area contributed by atoms with Gasteiger partial charge in [-0.15, -0.1) is 0 Å². The largest absolute Gasteiger partial charge is 0.469 e. The first-order valence-corrected chi connectivity index (χ1v) is 10.9. The van der Waals surface area contributed by atoms with Crippen molar-refractivity contribution in [3.63, 3.8) is 0 Å². The van der Waals surface area contributed by atoms with Gasteiger partial charge in [0, 0.05) is 32.7 Å². The molecule has 0 aliphatic carbocycles. The topological polar surface area (TPSA) is 105 Å². The number of hydrogen-bond acceptors (Lipinski definition) is 5. The lowest BCUT2D eigenvalue weighted by Crippen LogP contribution is -2.39. The number of nitrogens with one attached hydrogen (secondary N) is 3. The number of sulfonamides is 1. The third-order valence-corrected chi connectivity index (χ3v) is 5.35. The van der Waals surface area contributed by atoms with Crippen molar-refractivity contribution in [3.05, 3.63) is 24.2 Å². The summed E-state index contributed by atoms with van der Waals surface area (Å²) in [6, 6.07) is 3.77. The van der Waals surface area contributed by atoms with Crippen LogP contribution in [0.1, 0.15) is 31.9 Å². The molecule has 1 saturated heterocycles. The molecule has 1 unspecified atom stereocenters. The van der Waals surface area contributed by atoms with Gasteiger partial charge in [0.25, 0.3) is 0 Å². The Morgan fingerprint density at radius 3 is 2.92 bits per heavy atom. The third-order valence-electron chi connectivity index (χ3n) is 4.02. The Labute approximate surface area is 155 Å². The highest BCUT2D eigenvalue weighted by Gasteiger charge is 2.17. The number of furan rings is 1. The highest BCUT2D eigenvalue weighted by Crippen LogP contribution is 2.11. The van der Waals surface area contributed by atoms with Crippen molar-refractivity contribution >= 4 is 16.0 Å². The van der Waals surface area contributed by atoms with Crippen molar-refractivity contribution in [1.29, 1.82) is 0 Å². The Morgan fingerprint density at radius 1 is 1.35 bits per heavy atom. The molecule has 148 valence electrons. The zero-order valence-corrected chi connectivity index (χ0v) is 16.2. The van der Waals surface area contributed by atoms with Gasteiger partial charge < -0.3 is 19.8 Å². The maximum atomic E-state index is 12.1. The number of guanidine groups is 1. The van der Waals surface area contributed by atoms with E-state index in [0.29, 0.717) is 32.2 Å². The molecule has 1 fully saturated rings. The maximum Gasteiger partial charge on any atom is 0.213 e. The van der Waals surface area contributed by atoms with Gasteiger partial charge in [-0.05, 0) is 38.3 Å². The highest BCUT2D eigenvalue weighted by molar-refractivity contribution is 7.89. The van der Waals surface area contributed by atoms with Crippen molar-refractivity contribution in [3.8, 4) is 0 Å². The number of nitrogens with zero attached hydrogens (tertiary/aromatic N) is 1. The lowest BCUT2D eigenvalue weighted by Gasteiger charge is -2.22. The van der Waals surface area contributed by atoms with E-state index in [1.54, 1.807) is 6.26 Å². The Morgan fingerprint density at radius 2 is 2.23 bits per heavy atom. The lowest BCUT2D eigenvalue weighted by atomic mass is 10.1. The molecule has 26 heavy (non-hydrogen) atoms. The van der Waals surface area contributed by atoms with Crippen LogP contribution in [0.5, 0.6) is 0 Å². The molecule has 9 heteroatoms. The van der Waals surface area contributed by atoms with Crippen molar-refractivity contribution < 1.29 is 17.6 Å². The van der Waals surface area contributed by atoms with Crippen LogP contribution in [0.3, 0.4) is 0 Å². The summed E-state index contributed by atoms with van der Waals surface area (Å²) in [6.45, 7) is 4.57. The van der Waals surface area contributed by atoms with Gasteiger partial charge in [-0.25, -0.2) is 13.1 Å². The van der Waals surface area contributed by atoms with E-state index in [9.17, 15) is 8.42 Å². The summed E-state index contributed by atoms with van der Waals surface area (Å²) in [5, 5.41) is 6.28. The second-order valence-electron chi connectivity index (χ2n) is 6.17. The molecule has 1 aliphatic heterocycles. The fourth-order valence-electron chi connectivity index (χ4n) is 2.64. The van der Waals surface area contributed by atoms with Crippen LogP contribution in [-0.4, -0.2) is 59.0 Å². The third kappa shape index (κ3) is 8.20. The van der Waals surface area contributed by atoms with Crippen LogP contribution in [0, 0.1) is 0 Å². The summed E-state index contributed by atoms with van der Waals surface area (Å²) in [6.07, 6.45) is 5.42. The van der Waals surface area contributed by atoms with Crippen LogP contribution in [0.2, 0.25) is 0 Å². The number of ether oxygens (including phenoxy) is 1. The standard InChI is InChI=1S/C17H30N4O4S/c1-2-18-17(19-9-8-15-7-5-12-24-15)20-10-13-26(22,23)21-14-16-6-3-4-11-25-16/h5,7,12,16,21H,2-4,6,8-11,13-14H2,1H3,(H2,18,19,20). The first-order valence-electron chi connectivity index (χ1n) is 9.22. The summed E-state index contributed by atoms with van der Waals surface area (Å²) in [5.74, 6) is 1.45. The summed E-state index contributed by atoms with van der Waals surface area (Å²) in [5.41, 5.74) is 0. The number of aliphatic imine (C=N–C) groups is 1. The quantitative estimate of drug-likeness (QED) is 0.407. The van der Waals surface area contributed by atoms with Gasteiger partial charge in [0.15, 0.2) is 5.96 Å². The fourth-order valence-corrected chi connectivity index (χ4v) is 3.55. The normalized spacial score (nSPS) is 18.7. The average molecular weight is 387 g/mol. The molecular weight excluding hydrogens is 356 g/mol. The predicted molar refractivity (Wildman–Crippen MR) is 102 cm³/mol. The fraction of sp³-hybridized carbons (Fsp3) is 0.706. The van der Waals surface area contributed by atoms with Gasteiger partial charge in [0.2, 0.25) is 10.0 Å². The highest BCUT2D eigenvalue weighted by atomic mass is 32.2. The minimum atomic E-state index is -3.36. The molecular formula is C17H30N4O4S. The minimum absolute atomic E-state index is 0.0115. The Bertz CT molecular complexity index is 625. The number of rotatable bonds is 10. The molecule has 1 aromatic heterocycles. The molecule has 1 aliphatic rings. The van der Waals surface area contributed by atoms with Crippen LogP contribution in [0.15, 0.2) is 27.8 Å². The molecule has 0 bridgehead atoms. The van der Waals surface area contributed by atoms with E-state index in [1.807, 2.05) is 19.1 Å². The first kappa shape index (κ1) is 20.7.